The molecule has 1 aliphatic carbocycles. The number of hydrogen-bond acceptors (Lipinski definition) is 4. The van der Waals surface area contributed by atoms with Gasteiger partial charge in [-0.15, -0.1) is 11.3 Å². The summed E-state index contributed by atoms with van der Waals surface area (Å²) in [6, 6.07) is 8.42. The van der Waals surface area contributed by atoms with Gasteiger partial charge in [0.05, 0.1) is 15.6 Å². The zero-order chi connectivity index (χ0) is 23.2. The maximum atomic E-state index is 12.9. The van der Waals surface area contributed by atoms with E-state index in [-0.39, 0.29) is 11.2 Å². The average Bonchev–Trinajstić information content (AvgIpc) is 3.33. The first kappa shape index (κ1) is 22.9. The smallest absolute Gasteiger partial charge is 0.292 e. The van der Waals surface area contributed by atoms with Crippen LogP contribution in [-0.2, 0) is 12.8 Å². The standard InChI is InChI=1S/C24H24Cl2N2O3S/c1-24(2,3)12-7-8-14-18(11-12)32-23(19(14)21(27)29)28-22(30)17-10-9-16(31-17)13-5-4-6-15(25)20(13)26/h4-6,9-10,12H,7-8,11H2,1-3H3,(H2,27,29)(H,28,30). The van der Waals surface area contributed by atoms with E-state index in [2.05, 4.69) is 26.1 Å². The van der Waals surface area contributed by atoms with Crippen molar-refractivity contribution >= 4 is 51.4 Å². The molecular formula is C24H24Cl2N2O3S. The van der Waals surface area contributed by atoms with Crippen LogP contribution >= 0.6 is 34.5 Å². The van der Waals surface area contributed by atoms with Gasteiger partial charge in [-0.2, -0.15) is 0 Å². The summed E-state index contributed by atoms with van der Waals surface area (Å²) in [4.78, 5) is 26.3. The van der Waals surface area contributed by atoms with Gasteiger partial charge in [0.25, 0.3) is 11.8 Å². The minimum atomic E-state index is -0.530. The third-order valence-electron chi connectivity index (χ3n) is 6.01. The highest BCUT2D eigenvalue weighted by atomic mass is 35.5. The van der Waals surface area contributed by atoms with Crippen LogP contribution in [0.4, 0.5) is 5.00 Å². The molecule has 8 heteroatoms. The minimum Gasteiger partial charge on any atom is -0.451 e. The molecule has 1 unspecified atom stereocenters. The number of carbonyl (C=O) groups excluding carboxylic acids is 2. The minimum absolute atomic E-state index is 0.102. The molecule has 1 aromatic carbocycles. The number of furan rings is 1. The monoisotopic (exact) mass is 490 g/mol. The molecule has 3 aromatic rings. The van der Waals surface area contributed by atoms with E-state index in [1.807, 2.05) is 0 Å². The Morgan fingerprint density at radius 1 is 1.19 bits per heavy atom. The van der Waals surface area contributed by atoms with Gasteiger partial charge in [0, 0.05) is 10.4 Å². The summed E-state index contributed by atoms with van der Waals surface area (Å²) >= 11 is 13.8. The van der Waals surface area contributed by atoms with E-state index in [9.17, 15) is 9.59 Å². The fourth-order valence-electron chi connectivity index (χ4n) is 4.14. The van der Waals surface area contributed by atoms with E-state index in [0.717, 1.165) is 29.7 Å². The molecule has 2 heterocycles. The van der Waals surface area contributed by atoms with Gasteiger partial charge in [-0.05, 0) is 60.4 Å². The fraction of sp³-hybridized carbons (Fsp3) is 0.333. The molecular weight excluding hydrogens is 467 g/mol. The Labute approximate surface area is 200 Å². The number of rotatable bonds is 4. The highest BCUT2D eigenvalue weighted by molar-refractivity contribution is 7.17. The largest absolute Gasteiger partial charge is 0.451 e. The molecule has 168 valence electrons. The lowest BCUT2D eigenvalue weighted by Gasteiger charge is -2.33. The van der Waals surface area contributed by atoms with Crippen molar-refractivity contribution in [2.75, 3.05) is 5.32 Å². The summed E-state index contributed by atoms with van der Waals surface area (Å²) in [6.07, 6.45) is 2.64. The van der Waals surface area contributed by atoms with Crippen molar-refractivity contribution < 1.29 is 14.0 Å². The van der Waals surface area contributed by atoms with Crippen LogP contribution in [-0.4, -0.2) is 11.8 Å². The number of benzene rings is 1. The van der Waals surface area contributed by atoms with E-state index < -0.39 is 11.8 Å². The van der Waals surface area contributed by atoms with Gasteiger partial charge in [-0.3, -0.25) is 9.59 Å². The summed E-state index contributed by atoms with van der Waals surface area (Å²) < 4.78 is 5.74. The predicted octanol–water partition coefficient (Wildman–Crippen LogP) is 6.82. The molecule has 2 amide bonds. The van der Waals surface area contributed by atoms with Crippen LogP contribution in [0, 0.1) is 11.3 Å². The van der Waals surface area contributed by atoms with Gasteiger partial charge >= 0.3 is 0 Å². The number of thiophene rings is 1. The Balaban J connectivity index is 1.61. The third-order valence-corrected chi connectivity index (χ3v) is 8.00. The van der Waals surface area contributed by atoms with Gasteiger partial charge in [-0.25, -0.2) is 0 Å². The molecule has 5 nitrogen and oxygen atoms in total. The van der Waals surface area contributed by atoms with Crippen molar-refractivity contribution in [1.29, 1.82) is 0 Å². The van der Waals surface area contributed by atoms with Crippen LogP contribution < -0.4 is 11.1 Å². The maximum Gasteiger partial charge on any atom is 0.292 e. The van der Waals surface area contributed by atoms with Gasteiger partial charge in [0.2, 0.25) is 0 Å². The number of carbonyl (C=O) groups is 2. The molecule has 0 spiro atoms. The number of nitrogens with one attached hydrogen (secondary N) is 1. The van der Waals surface area contributed by atoms with Crippen molar-refractivity contribution in [1.82, 2.24) is 0 Å². The Morgan fingerprint density at radius 2 is 1.94 bits per heavy atom. The maximum absolute atomic E-state index is 12.9. The van der Waals surface area contributed by atoms with Crippen LogP contribution in [0.3, 0.4) is 0 Å². The Morgan fingerprint density at radius 3 is 2.62 bits per heavy atom. The van der Waals surface area contributed by atoms with Crippen molar-refractivity contribution in [3.05, 3.63) is 62.1 Å². The van der Waals surface area contributed by atoms with E-state index in [4.69, 9.17) is 33.4 Å². The molecule has 32 heavy (non-hydrogen) atoms. The lowest BCUT2D eigenvalue weighted by Crippen LogP contribution is -2.27. The van der Waals surface area contributed by atoms with Crippen molar-refractivity contribution in [2.45, 2.75) is 40.0 Å². The number of nitrogens with two attached hydrogens (primary N) is 1. The number of amides is 2. The molecule has 0 radical (unpaired) electrons. The quantitative estimate of drug-likeness (QED) is 0.420. The molecule has 0 fully saturated rings. The number of halogens is 2. The second kappa shape index (κ2) is 8.58. The molecule has 0 saturated carbocycles. The molecule has 4 rings (SSSR count). The van der Waals surface area contributed by atoms with Crippen LogP contribution in [0.25, 0.3) is 11.3 Å². The second-order valence-corrected chi connectivity index (χ2v) is 11.0. The van der Waals surface area contributed by atoms with E-state index in [0.29, 0.717) is 37.9 Å². The summed E-state index contributed by atoms with van der Waals surface area (Å²) in [5.74, 6) is 0.0513. The summed E-state index contributed by atoms with van der Waals surface area (Å²) in [5.41, 5.74) is 7.83. The first-order valence-corrected chi connectivity index (χ1v) is 11.9. The zero-order valence-corrected chi connectivity index (χ0v) is 20.4. The average molecular weight is 491 g/mol. The number of hydrogen-bond donors (Lipinski definition) is 2. The molecule has 1 aliphatic rings. The number of primary amides is 1. The van der Waals surface area contributed by atoms with Gasteiger partial charge in [0.15, 0.2) is 5.76 Å². The summed E-state index contributed by atoms with van der Waals surface area (Å²) in [6.45, 7) is 6.69. The molecule has 2 aromatic heterocycles. The summed E-state index contributed by atoms with van der Waals surface area (Å²) in [7, 11) is 0. The van der Waals surface area contributed by atoms with Crippen LogP contribution in [0.15, 0.2) is 34.7 Å². The fourth-order valence-corrected chi connectivity index (χ4v) is 5.86. The van der Waals surface area contributed by atoms with E-state index in [1.165, 1.54) is 11.3 Å². The van der Waals surface area contributed by atoms with Crippen molar-refractivity contribution in [2.24, 2.45) is 17.1 Å². The van der Waals surface area contributed by atoms with Gasteiger partial charge in [-0.1, -0.05) is 50.0 Å². The molecule has 0 bridgehead atoms. The normalized spacial score (nSPS) is 16.0. The van der Waals surface area contributed by atoms with Gasteiger partial charge < -0.3 is 15.5 Å². The Bertz CT molecular complexity index is 1210. The first-order valence-electron chi connectivity index (χ1n) is 10.4. The lowest BCUT2D eigenvalue weighted by atomic mass is 9.72. The zero-order valence-electron chi connectivity index (χ0n) is 18.1. The molecule has 0 aliphatic heterocycles. The SMILES string of the molecule is CC(C)(C)C1CCc2c(sc(NC(=O)c3ccc(-c4cccc(Cl)c4Cl)o3)c2C(N)=O)C1. The van der Waals surface area contributed by atoms with E-state index in [1.54, 1.807) is 30.3 Å². The molecule has 3 N–H and O–H groups in total. The van der Waals surface area contributed by atoms with E-state index >= 15 is 0 Å². The first-order chi connectivity index (χ1) is 15.1. The second-order valence-electron chi connectivity index (χ2n) is 9.10. The molecule has 1 atom stereocenters. The Hall–Kier alpha value is -2.28. The molecule has 0 saturated heterocycles. The Kier molecular flexibility index (Phi) is 6.14. The highest BCUT2D eigenvalue weighted by Gasteiger charge is 2.33. The van der Waals surface area contributed by atoms with Crippen molar-refractivity contribution in [3.63, 3.8) is 0 Å². The lowest BCUT2D eigenvalue weighted by molar-refractivity contribution is 0.0997. The van der Waals surface area contributed by atoms with Gasteiger partial charge in [0.1, 0.15) is 10.8 Å². The van der Waals surface area contributed by atoms with Crippen molar-refractivity contribution in [3.8, 4) is 11.3 Å². The predicted molar refractivity (Wildman–Crippen MR) is 130 cm³/mol. The van der Waals surface area contributed by atoms with Crippen LogP contribution in [0.2, 0.25) is 10.0 Å². The van der Waals surface area contributed by atoms with Crippen LogP contribution in [0.5, 0.6) is 0 Å². The number of fused-ring (bicyclic) bond motifs is 1. The topological polar surface area (TPSA) is 85.3 Å². The summed E-state index contributed by atoms with van der Waals surface area (Å²) in [5, 5.41) is 4.06. The highest BCUT2D eigenvalue weighted by Crippen LogP contribution is 2.44. The van der Waals surface area contributed by atoms with Crippen LogP contribution in [0.1, 0.15) is 58.5 Å². The third kappa shape index (κ3) is 4.32. The number of anilines is 1.